The fourth-order valence-electron chi connectivity index (χ4n) is 5.70. The fraction of sp³-hybridized carbons (Fsp3) is 0.850. The molecule has 0 aromatic rings. The van der Waals surface area contributed by atoms with E-state index in [9.17, 15) is 28.8 Å². The molecule has 12 N–H and O–H groups in total. The van der Waals surface area contributed by atoms with E-state index in [2.05, 4.69) is 21.3 Å². The Balaban J connectivity index is 4.84. The molecule has 0 aliphatic heterocycles. The van der Waals surface area contributed by atoms with Gasteiger partial charge in [0.2, 0.25) is 23.6 Å². The van der Waals surface area contributed by atoms with Gasteiger partial charge in [-0.05, 0) is 77.5 Å². The highest BCUT2D eigenvalue weighted by Crippen LogP contribution is 2.04. The molecule has 19 heteroatoms. The quantitative estimate of drug-likeness (QED) is 0.0403. The maximum absolute atomic E-state index is 13.0. The van der Waals surface area contributed by atoms with Crippen molar-refractivity contribution in [2.24, 2.45) is 22.9 Å². The summed E-state index contributed by atoms with van der Waals surface area (Å²) in [6.07, 6.45) is 12.4. The molecule has 0 atom stereocenters. The predicted molar refractivity (Wildman–Crippen MR) is 228 cm³/mol. The van der Waals surface area contributed by atoms with Crippen molar-refractivity contribution in [2.45, 2.75) is 116 Å². The second-order valence-electron chi connectivity index (χ2n) is 14.3. The summed E-state index contributed by atoms with van der Waals surface area (Å²) in [5, 5.41) is 11.3. The summed E-state index contributed by atoms with van der Waals surface area (Å²) in [5.41, 5.74) is 22.1. The number of nitrogens with one attached hydrogen (secondary N) is 4. The Morgan fingerprint density at radius 3 is 0.881 bits per heavy atom. The average molecular weight is 845 g/mol. The Morgan fingerprint density at radius 2 is 0.610 bits per heavy atom. The molecule has 0 unspecified atom stereocenters. The third kappa shape index (κ3) is 35.9. The van der Waals surface area contributed by atoms with Crippen LogP contribution in [0.3, 0.4) is 0 Å². The molecule has 0 saturated carbocycles. The number of ether oxygens (including phenoxy) is 3. The minimum absolute atomic E-state index is 0.0381. The summed E-state index contributed by atoms with van der Waals surface area (Å²) < 4.78 is 16.3. The number of nitrogens with zero attached hydrogens (tertiary/aromatic N) is 2. The van der Waals surface area contributed by atoms with Crippen molar-refractivity contribution in [3.05, 3.63) is 0 Å². The van der Waals surface area contributed by atoms with Crippen LogP contribution >= 0.6 is 0 Å². The van der Waals surface area contributed by atoms with Crippen molar-refractivity contribution in [1.29, 1.82) is 0 Å². The molecule has 0 aliphatic carbocycles. The van der Waals surface area contributed by atoms with Crippen molar-refractivity contribution in [1.82, 2.24) is 31.1 Å². The van der Waals surface area contributed by atoms with Gasteiger partial charge in [-0.3, -0.25) is 19.2 Å². The van der Waals surface area contributed by atoms with Crippen LogP contribution in [0.5, 0.6) is 0 Å². The first-order chi connectivity index (χ1) is 28.7. The Kier molecular flexibility index (Phi) is 38.4. The lowest BCUT2D eigenvalue weighted by Crippen LogP contribution is -2.43. The lowest BCUT2D eigenvalue weighted by atomic mass is 10.1. The van der Waals surface area contributed by atoms with Gasteiger partial charge >= 0.3 is 12.2 Å². The summed E-state index contributed by atoms with van der Waals surface area (Å²) in [6, 6.07) is 0. The minimum atomic E-state index is -0.623. The largest absolute Gasteiger partial charge is 0.447 e. The molecule has 0 bridgehead atoms. The Morgan fingerprint density at radius 1 is 0.356 bits per heavy atom. The highest BCUT2D eigenvalue weighted by Gasteiger charge is 2.18. The molecule has 0 aliphatic rings. The lowest BCUT2D eigenvalue weighted by Gasteiger charge is -2.23. The van der Waals surface area contributed by atoms with Gasteiger partial charge in [0.25, 0.3) is 0 Å². The van der Waals surface area contributed by atoms with Gasteiger partial charge < -0.3 is 68.2 Å². The van der Waals surface area contributed by atoms with E-state index >= 15 is 0 Å². The number of hydrogen-bond acceptors (Lipinski definition) is 13. The highest BCUT2D eigenvalue weighted by molar-refractivity contribution is 5.77. The maximum Gasteiger partial charge on any atom is 0.409 e. The summed E-state index contributed by atoms with van der Waals surface area (Å²) in [4.78, 5) is 77.8. The van der Waals surface area contributed by atoms with E-state index in [0.29, 0.717) is 51.9 Å². The molecule has 19 nitrogen and oxygen atoms in total. The van der Waals surface area contributed by atoms with Gasteiger partial charge in [0.05, 0.1) is 13.2 Å². The van der Waals surface area contributed by atoms with Crippen LogP contribution in [0.1, 0.15) is 116 Å². The van der Waals surface area contributed by atoms with Crippen LogP contribution in [-0.4, -0.2) is 151 Å². The number of unbranched alkanes of at least 4 members (excludes halogenated alkanes) is 10. The summed E-state index contributed by atoms with van der Waals surface area (Å²) in [7, 11) is 0. The summed E-state index contributed by atoms with van der Waals surface area (Å²) in [5.74, 6) is -0.423. The van der Waals surface area contributed by atoms with Crippen LogP contribution in [-0.2, 0) is 33.4 Å². The average Bonchev–Trinajstić information content (AvgIpc) is 3.22. The molecule has 0 radical (unpaired) electrons. The molecular formula is C40H80N10O9. The van der Waals surface area contributed by atoms with Gasteiger partial charge in [-0.1, -0.05) is 38.5 Å². The zero-order chi connectivity index (χ0) is 43.6. The van der Waals surface area contributed by atoms with Gasteiger partial charge in [-0.2, -0.15) is 0 Å². The van der Waals surface area contributed by atoms with E-state index in [-0.39, 0.29) is 102 Å². The molecule has 6 amide bonds. The van der Waals surface area contributed by atoms with Crippen molar-refractivity contribution in [3.8, 4) is 0 Å². The van der Waals surface area contributed by atoms with Crippen LogP contribution < -0.4 is 44.2 Å². The van der Waals surface area contributed by atoms with E-state index in [4.69, 9.17) is 37.1 Å². The van der Waals surface area contributed by atoms with Crippen LogP contribution in [0, 0.1) is 0 Å². The molecule has 0 rings (SSSR count). The third-order valence-electron chi connectivity index (χ3n) is 9.17. The number of amides is 6. The number of carbonyl (C=O) groups is 6. The molecule has 59 heavy (non-hydrogen) atoms. The van der Waals surface area contributed by atoms with E-state index in [0.717, 1.165) is 89.9 Å². The highest BCUT2D eigenvalue weighted by atomic mass is 16.6. The standard InChI is InChI=1S/C40H80N10O9/c41-19-11-3-1-7-15-35(51)45-23-27-49(28-24-46-36(52)16-8-2-4-12-20-42)39(55)58-33-31-57-32-34-59-40(56)50(29-25-47-37(53)17-9-5-13-21-43)30-26-48-38(54)18-10-6-14-22-44/h1-34,41-44H2,(H,45,51)(H,46,52)(H,47,53)(H,48,54). The Hall–Kier alpha value is -3.78. The van der Waals surface area contributed by atoms with Crippen LogP contribution in [0.25, 0.3) is 0 Å². The third-order valence-corrected chi connectivity index (χ3v) is 9.17. The molecular weight excluding hydrogens is 765 g/mol. The summed E-state index contributed by atoms with van der Waals surface area (Å²) in [6.45, 7) is 4.03. The second-order valence-corrected chi connectivity index (χ2v) is 14.3. The molecule has 0 spiro atoms. The minimum Gasteiger partial charge on any atom is -0.447 e. The zero-order valence-corrected chi connectivity index (χ0v) is 35.9. The maximum atomic E-state index is 13.0. The first-order valence-corrected chi connectivity index (χ1v) is 22.0. The van der Waals surface area contributed by atoms with Crippen molar-refractivity contribution in [3.63, 3.8) is 0 Å². The van der Waals surface area contributed by atoms with Crippen molar-refractivity contribution < 1.29 is 43.0 Å². The van der Waals surface area contributed by atoms with E-state index < -0.39 is 12.2 Å². The second kappa shape index (κ2) is 41.0. The zero-order valence-electron chi connectivity index (χ0n) is 35.9. The number of hydrogen-bond donors (Lipinski definition) is 8. The van der Waals surface area contributed by atoms with E-state index in [1.54, 1.807) is 0 Å². The molecule has 0 fully saturated rings. The topological polar surface area (TPSA) is 289 Å². The van der Waals surface area contributed by atoms with Gasteiger partial charge in [0.15, 0.2) is 0 Å². The SMILES string of the molecule is NCCCCCCC(=O)NCCN(CCNC(=O)CCCCCCN)C(=O)OCCOCCOC(=O)N(CCNC(=O)CCCCCN)CCNC(=O)CCCCCN. The van der Waals surface area contributed by atoms with Crippen LogP contribution in [0.4, 0.5) is 9.59 Å². The van der Waals surface area contributed by atoms with E-state index in [1.165, 1.54) is 9.80 Å². The Labute approximate surface area is 352 Å². The monoisotopic (exact) mass is 845 g/mol. The first-order valence-electron chi connectivity index (χ1n) is 22.0. The van der Waals surface area contributed by atoms with Gasteiger partial charge in [-0.25, -0.2) is 9.59 Å². The smallest absolute Gasteiger partial charge is 0.409 e. The fourth-order valence-corrected chi connectivity index (χ4v) is 5.70. The Bertz CT molecular complexity index is 1040. The molecule has 0 heterocycles. The molecule has 0 saturated heterocycles. The lowest BCUT2D eigenvalue weighted by molar-refractivity contribution is -0.122. The van der Waals surface area contributed by atoms with Gasteiger partial charge in [0, 0.05) is 78.0 Å². The van der Waals surface area contributed by atoms with E-state index in [1.807, 2.05) is 0 Å². The van der Waals surface area contributed by atoms with Gasteiger partial charge in [0.1, 0.15) is 13.2 Å². The number of nitrogens with two attached hydrogens (primary N) is 4. The molecule has 0 aromatic carbocycles. The predicted octanol–water partition coefficient (Wildman–Crippen LogP) is 1.20. The van der Waals surface area contributed by atoms with Crippen LogP contribution in [0.2, 0.25) is 0 Å². The van der Waals surface area contributed by atoms with Crippen molar-refractivity contribution >= 4 is 35.8 Å². The summed E-state index contributed by atoms with van der Waals surface area (Å²) >= 11 is 0. The molecule has 0 aromatic heterocycles. The van der Waals surface area contributed by atoms with Crippen LogP contribution in [0.15, 0.2) is 0 Å². The number of carbonyl (C=O) groups excluding carboxylic acids is 6. The van der Waals surface area contributed by atoms with Gasteiger partial charge in [-0.15, -0.1) is 0 Å². The normalized spacial score (nSPS) is 10.8. The first kappa shape index (κ1) is 55.2. The van der Waals surface area contributed by atoms with Crippen molar-refractivity contribution in [2.75, 3.05) is 105 Å². The number of rotatable bonds is 40. The molecule has 344 valence electrons.